The van der Waals surface area contributed by atoms with Crippen LogP contribution >= 0.6 is 0 Å². The number of hydrogen-bond acceptors (Lipinski definition) is 13. The van der Waals surface area contributed by atoms with E-state index in [2.05, 4.69) is 242 Å². The summed E-state index contributed by atoms with van der Waals surface area (Å²) in [7, 11) is 5.43. The molecule has 0 amide bonds. The van der Waals surface area contributed by atoms with Crippen molar-refractivity contribution in [1.29, 1.82) is 0 Å². The van der Waals surface area contributed by atoms with Crippen LogP contribution in [-0.2, 0) is 113 Å². The molecule has 22 nitrogen and oxygen atoms in total. The van der Waals surface area contributed by atoms with Gasteiger partial charge in [-0.25, -0.2) is 28.7 Å². The zero-order chi connectivity index (χ0) is 83.2. The molecule has 15 aromatic heterocycles. The van der Waals surface area contributed by atoms with Gasteiger partial charge in [0.25, 0.3) is 0 Å². The summed E-state index contributed by atoms with van der Waals surface area (Å²) >= 11 is 0. The van der Waals surface area contributed by atoms with Crippen molar-refractivity contribution in [2.75, 3.05) is 0 Å². The first-order chi connectivity index (χ1) is 58.3. The zero-order valence-electron chi connectivity index (χ0n) is 66.6. The second-order valence-corrected chi connectivity index (χ2v) is 27.6. The molecule has 0 saturated carbocycles. The second kappa shape index (κ2) is 38.2. The molecule has 21 rings (SSSR count). The van der Waals surface area contributed by atoms with Crippen molar-refractivity contribution < 1.29 is 100 Å². The van der Waals surface area contributed by atoms with Gasteiger partial charge in [-0.05, 0) is 157 Å². The first kappa shape index (κ1) is 87.5. The monoisotopic (exact) mass is 2180 g/mol. The number of alkyl halides is 6. The van der Waals surface area contributed by atoms with Crippen molar-refractivity contribution in [3.05, 3.63) is 304 Å². The predicted octanol–water partition coefficient (Wildman–Crippen LogP) is 17.2. The number of pyridine rings is 6. The Morgan fingerprint density at radius 3 is 1.05 bits per heavy atom. The van der Waals surface area contributed by atoms with Crippen LogP contribution in [0.25, 0.3) is 167 Å². The topological polar surface area (TPSA) is 236 Å². The normalized spacial score (nSPS) is 11.2. The van der Waals surface area contributed by atoms with Gasteiger partial charge in [-0.2, -0.15) is 26.3 Å². The fourth-order valence-electron chi connectivity index (χ4n) is 14.2. The molecule has 15 heterocycles. The molecule has 3 radical (unpaired) electrons. The van der Waals surface area contributed by atoms with Crippen LogP contribution < -0.4 is 29.0 Å². The van der Waals surface area contributed by atoms with E-state index in [-0.39, 0.29) is 71.8 Å². The molecule has 0 aliphatic rings. The number of nitrogens with zero attached hydrogens (tertiary/aromatic N) is 22. The molecule has 621 valence electrons. The molecule has 31 heteroatoms. The Kier molecular flexibility index (Phi) is 27.2. The summed E-state index contributed by atoms with van der Waals surface area (Å²) in [5, 5.41) is 28.5. The van der Waals surface area contributed by atoms with Crippen molar-refractivity contribution in [1.82, 2.24) is 94.1 Å². The second-order valence-electron chi connectivity index (χ2n) is 27.6. The standard InChI is InChI=1S/3C21H15N4.C10H8F3N3.C10H11N3.C9H7F3N4.3Ir/c3*1-2-25-19-8-4-3-6-15(19)16-10-9-14(12-20(16)25)18-13-23-17-7-5-11-22-21(17)24-18;1-16-5-3-2-4-8(16)7-6-9(15-14-7)10(11,12)13;1-8-7-9(12-11-8)10-5-3-4-6-13(10)2;1-16-5-3-2-4-6(16)7-13-8(15-14-7)9(10,11)12;;;/h3*3-8,10-13H,2H2,1H3;2-6H,1H3;3-7H,1-2H3;2-5H,1H3;;;/q3*-1;;;;;;. The van der Waals surface area contributed by atoms with E-state index in [1.807, 2.05) is 85.4 Å². The average Bonchev–Trinajstić information content (AvgIpc) is 1.62. The third kappa shape index (κ3) is 18.8. The summed E-state index contributed by atoms with van der Waals surface area (Å²) in [6.07, 6.45) is 7.02. The van der Waals surface area contributed by atoms with E-state index >= 15 is 0 Å². The smallest absolute Gasteiger partial charge is 0.431 e. The van der Waals surface area contributed by atoms with E-state index in [4.69, 9.17) is 0 Å². The van der Waals surface area contributed by atoms with Gasteiger partial charge in [-0.1, -0.05) is 70.8 Å². The molecule has 0 fully saturated rings. The molecular weight excluding hydrogens is 2100 g/mol. The number of para-hydroxylation sites is 3. The van der Waals surface area contributed by atoms with Crippen LogP contribution in [0.5, 0.6) is 0 Å². The summed E-state index contributed by atoms with van der Waals surface area (Å²) in [6.45, 7) is 11.2. The van der Waals surface area contributed by atoms with Gasteiger partial charge in [-0.3, -0.25) is 35.0 Å². The maximum atomic E-state index is 12.3. The maximum absolute atomic E-state index is 12.3. The number of hydrogen-bond donors (Lipinski definition) is 0. The van der Waals surface area contributed by atoms with E-state index in [0.717, 1.165) is 93.1 Å². The van der Waals surface area contributed by atoms with Crippen molar-refractivity contribution in [3.8, 4) is 68.1 Å². The summed E-state index contributed by atoms with van der Waals surface area (Å²) in [5.74, 6) is -1.25. The van der Waals surface area contributed by atoms with Crippen LogP contribution in [0.3, 0.4) is 0 Å². The van der Waals surface area contributed by atoms with Gasteiger partial charge in [0.2, 0.25) is 5.69 Å². The number of halogens is 6. The van der Waals surface area contributed by atoms with Crippen molar-refractivity contribution in [3.63, 3.8) is 0 Å². The number of fused-ring (bicyclic) bond motifs is 12. The molecule has 0 unspecified atom stereocenters. The fourth-order valence-corrected chi connectivity index (χ4v) is 14.2. The van der Waals surface area contributed by atoms with E-state index in [1.54, 1.807) is 109 Å². The minimum absolute atomic E-state index is 0. The first-order valence-electron chi connectivity index (χ1n) is 38.2. The molecule has 0 atom stereocenters. The molecule has 0 bridgehead atoms. The summed E-state index contributed by atoms with van der Waals surface area (Å²) < 4.78 is 86.0. The van der Waals surface area contributed by atoms with Crippen LogP contribution in [0, 0.1) is 25.1 Å². The number of rotatable bonds is 9. The fraction of sp³-hybridized carbons (Fsp3) is 0.130. The number of aryl methyl sites for hydroxylation is 7. The molecule has 0 spiro atoms. The van der Waals surface area contributed by atoms with Gasteiger partial charge in [0.05, 0.1) is 0 Å². The number of benzene rings is 6. The van der Waals surface area contributed by atoms with Gasteiger partial charge in [-0.15, -0.1) is 71.3 Å². The van der Waals surface area contributed by atoms with Crippen LogP contribution in [0.2, 0.25) is 0 Å². The Hall–Kier alpha value is -13.3. The van der Waals surface area contributed by atoms with Crippen LogP contribution in [0.1, 0.15) is 38.0 Å². The summed E-state index contributed by atoms with van der Waals surface area (Å²) in [6, 6.07) is 78.8. The minimum atomic E-state index is -4.56. The maximum Gasteiger partial charge on any atom is 0.431 e. The molecule has 0 N–H and O–H groups in total. The summed E-state index contributed by atoms with van der Waals surface area (Å²) in [5.41, 5.74) is 20.2. The molecule has 0 saturated heterocycles. The van der Waals surface area contributed by atoms with E-state index in [0.29, 0.717) is 28.3 Å². The molecule has 21 aromatic rings. The third-order valence-electron chi connectivity index (χ3n) is 20.0. The Labute approximate surface area is 740 Å². The molecule has 0 aliphatic heterocycles. The quantitative estimate of drug-likeness (QED) is 0.0742. The van der Waals surface area contributed by atoms with Crippen molar-refractivity contribution in [2.24, 2.45) is 21.1 Å². The van der Waals surface area contributed by atoms with E-state index in [9.17, 15) is 26.3 Å². The predicted molar refractivity (Wildman–Crippen MR) is 446 cm³/mol. The first-order valence-corrected chi connectivity index (χ1v) is 38.2. The Morgan fingerprint density at radius 2 is 0.715 bits per heavy atom. The largest absolute Gasteiger partial charge is 0.570 e. The van der Waals surface area contributed by atoms with Gasteiger partial charge < -0.3 is 44.2 Å². The zero-order valence-corrected chi connectivity index (χ0v) is 73.8. The van der Waals surface area contributed by atoms with Crippen LogP contribution in [0.4, 0.5) is 26.3 Å². The number of aromatic nitrogens is 22. The van der Waals surface area contributed by atoms with Gasteiger partial charge in [0.1, 0.15) is 49.2 Å². The molecule has 123 heavy (non-hydrogen) atoms. The van der Waals surface area contributed by atoms with Gasteiger partial charge >= 0.3 is 12.4 Å². The van der Waals surface area contributed by atoms with Crippen molar-refractivity contribution in [2.45, 2.75) is 59.7 Å². The SMILES string of the molecule is CCn1c2ccccc2c2c[c-]c(-c3cnc4cccnc4n3)cc21.CCn1c2ccccc2c2c[c-]c(-c3cnc4cccnc4n3)cc21.CCn1c2ccccc2c2c[c-]c(-c3cnc4cccnc4n3)cc21.C[n+]1ccccc1-c1cc(C(F)(F)F)n[n-]1.C[n+]1ccccc1-c1nc(C(F)(F)F)n[n-]1.Cc1cc(-c2cccc[n+]2C)[n-]n1.[Ir].[Ir].[Ir]. The van der Waals surface area contributed by atoms with Gasteiger partial charge in [0.15, 0.2) is 46.9 Å². The third-order valence-corrected chi connectivity index (χ3v) is 20.0. The van der Waals surface area contributed by atoms with Crippen molar-refractivity contribution >= 4 is 98.9 Å². The summed E-state index contributed by atoms with van der Waals surface area (Å²) in [4.78, 5) is 43.6. The van der Waals surface area contributed by atoms with E-state index < -0.39 is 23.9 Å². The Balaban J connectivity index is 0.000000129. The Morgan fingerprint density at radius 1 is 0.358 bits per heavy atom. The molecule has 6 aromatic carbocycles. The molecule has 0 aliphatic carbocycles. The Bertz CT molecular complexity index is 6740. The van der Waals surface area contributed by atoms with Gasteiger partial charge in [0, 0.05) is 199 Å². The van der Waals surface area contributed by atoms with E-state index in [1.165, 1.54) is 65.4 Å². The molecular formula is C92H71F6Ir3N22-3. The minimum Gasteiger partial charge on any atom is -0.570 e. The van der Waals surface area contributed by atoms with Crippen LogP contribution in [0.15, 0.2) is 268 Å². The van der Waals surface area contributed by atoms with Crippen LogP contribution in [-0.4, -0.2) is 78.8 Å². The average molecular weight is 2180 g/mol.